The van der Waals surface area contributed by atoms with E-state index in [1.54, 1.807) is 19.9 Å². The molecule has 0 unspecified atom stereocenters. The third-order valence-electron chi connectivity index (χ3n) is 2.80. The molecule has 0 amide bonds. The third-order valence-corrected chi connectivity index (χ3v) is 4.99. The van der Waals surface area contributed by atoms with Crippen LogP contribution >= 0.6 is 0 Å². The zero-order valence-electron chi connectivity index (χ0n) is 9.84. The van der Waals surface area contributed by atoms with Crippen LogP contribution in [0.15, 0.2) is 24.3 Å². The number of sulfone groups is 1. The van der Waals surface area contributed by atoms with E-state index in [9.17, 15) is 13.5 Å². The molecule has 0 heterocycles. The summed E-state index contributed by atoms with van der Waals surface area (Å²) in [7, 11) is -3.21. The van der Waals surface area contributed by atoms with Crippen molar-refractivity contribution in [3.05, 3.63) is 35.4 Å². The Morgan fingerprint density at radius 3 is 2.50 bits per heavy atom. The lowest BCUT2D eigenvalue weighted by Gasteiger charge is -2.19. The van der Waals surface area contributed by atoms with Gasteiger partial charge in [-0.15, -0.1) is 0 Å². The second-order valence-electron chi connectivity index (χ2n) is 4.02. The summed E-state index contributed by atoms with van der Waals surface area (Å²) in [5.41, 5.74) is 1.67. The summed E-state index contributed by atoms with van der Waals surface area (Å²) in [4.78, 5) is 0. The van der Waals surface area contributed by atoms with E-state index in [0.29, 0.717) is 5.56 Å². The molecule has 1 N–H and O–H groups in total. The second-order valence-corrected chi connectivity index (χ2v) is 6.66. The van der Waals surface area contributed by atoms with Crippen LogP contribution in [-0.2, 0) is 9.84 Å². The topological polar surface area (TPSA) is 54.4 Å². The van der Waals surface area contributed by atoms with Crippen LogP contribution in [0.1, 0.15) is 31.1 Å². The molecular formula is C12H18O3S. The lowest BCUT2D eigenvalue weighted by Crippen LogP contribution is -2.26. The minimum absolute atomic E-state index is 0.0526. The predicted octanol–water partition coefficient (Wildman–Crippen LogP) is 1.85. The Morgan fingerprint density at radius 1 is 1.38 bits per heavy atom. The van der Waals surface area contributed by atoms with Gasteiger partial charge < -0.3 is 5.11 Å². The van der Waals surface area contributed by atoms with Crippen molar-refractivity contribution in [3.8, 4) is 0 Å². The fraction of sp³-hybridized carbons (Fsp3) is 0.500. The number of hydrogen-bond donors (Lipinski definition) is 1. The normalized spacial score (nSPS) is 15.8. The second kappa shape index (κ2) is 4.97. The van der Waals surface area contributed by atoms with Crippen LogP contribution in [0.5, 0.6) is 0 Å². The van der Waals surface area contributed by atoms with Gasteiger partial charge in [0.1, 0.15) is 0 Å². The summed E-state index contributed by atoms with van der Waals surface area (Å²) in [6, 6.07) is 7.29. The van der Waals surface area contributed by atoms with Crippen molar-refractivity contribution in [2.24, 2.45) is 0 Å². The molecule has 2 atom stereocenters. The van der Waals surface area contributed by atoms with E-state index in [1.807, 2.05) is 25.1 Å². The maximum absolute atomic E-state index is 11.6. The standard InChI is InChI=1S/C12H18O3S/c1-4-16(14,15)10(3)12(13)11-7-5-6-9(2)8-11/h5-8,10,12-13H,4H2,1-3H3/t10-,12+/m0/s1. The molecule has 0 saturated heterocycles. The van der Waals surface area contributed by atoms with Gasteiger partial charge in [0.25, 0.3) is 0 Å². The average Bonchev–Trinajstić information content (AvgIpc) is 2.27. The lowest BCUT2D eigenvalue weighted by molar-refractivity contribution is 0.176. The fourth-order valence-electron chi connectivity index (χ4n) is 1.58. The molecule has 3 nitrogen and oxygen atoms in total. The molecule has 4 heteroatoms. The van der Waals surface area contributed by atoms with Gasteiger partial charge in [0.05, 0.1) is 11.4 Å². The van der Waals surface area contributed by atoms with Gasteiger partial charge in [0.15, 0.2) is 9.84 Å². The van der Waals surface area contributed by atoms with Gasteiger partial charge in [-0.05, 0) is 19.4 Å². The van der Waals surface area contributed by atoms with Crippen LogP contribution in [0.3, 0.4) is 0 Å². The molecule has 16 heavy (non-hydrogen) atoms. The van der Waals surface area contributed by atoms with Crippen molar-refractivity contribution in [2.45, 2.75) is 32.1 Å². The van der Waals surface area contributed by atoms with Crippen molar-refractivity contribution in [2.75, 3.05) is 5.75 Å². The van der Waals surface area contributed by atoms with E-state index in [0.717, 1.165) is 5.56 Å². The molecule has 0 bridgehead atoms. The summed E-state index contributed by atoms with van der Waals surface area (Å²) in [5.74, 6) is 0.0526. The number of benzene rings is 1. The van der Waals surface area contributed by atoms with Crippen molar-refractivity contribution in [1.29, 1.82) is 0 Å². The van der Waals surface area contributed by atoms with Crippen molar-refractivity contribution in [3.63, 3.8) is 0 Å². The predicted molar refractivity (Wildman–Crippen MR) is 65.1 cm³/mol. The maximum Gasteiger partial charge on any atom is 0.155 e. The summed E-state index contributed by atoms with van der Waals surface area (Å²) >= 11 is 0. The Balaban J connectivity index is 2.99. The average molecular weight is 242 g/mol. The van der Waals surface area contributed by atoms with Gasteiger partial charge in [0, 0.05) is 5.75 Å². The van der Waals surface area contributed by atoms with E-state index in [2.05, 4.69) is 0 Å². The fourth-order valence-corrected chi connectivity index (χ4v) is 2.66. The Hall–Kier alpha value is -0.870. The number of aryl methyl sites for hydroxylation is 1. The summed E-state index contributed by atoms with van der Waals surface area (Å²) in [5, 5.41) is 9.24. The van der Waals surface area contributed by atoms with Gasteiger partial charge >= 0.3 is 0 Å². The molecule has 0 aliphatic rings. The first kappa shape index (κ1) is 13.2. The molecule has 0 aliphatic carbocycles. The minimum Gasteiger partial charge on any atom is -0.387 e. The summed E-state index contributed by atoms with van der Waals surface area (Å²) in [6.07, 6.45) is -0.954. The van der Waals surface area contributed by atoms with Gasteiger partial charge in [-0.25, -0.2) is 8.42 Å². The highest BCUT2D eigenvalue weighted by Crippen LogP contribution is 2.23. The largest absolute Gasteiger partial charge is 0.387 e. The van der Waals surface area contributed by atoms with Gasteiger partial charge in [-0.1, -0.05) is 36.8 Å². The number of aliphatic hydroxyl groups is 1. The number of hydrogen-bond acceptors (Lipinski definition) is 3. The first-order chi connectivity index (χ1) is 7.38. The number of aliphatic hydroxyl groups excluding tert-OH is 1. The Labute approximate surface area is 97.0 Å². The van der Waals surface area contributed by atoms with Crippen LogP contribution in [0, 0.1) is 6.92 Å². The zero-order chi connectivity index (χ0) is 12.3. The van der Waals surface area contributed by atoms with Crippen LogP contribution in [-0.4, -0.2) is 24.5 Å². The molecule has 1 rings (SSSR count). The molecule has 0 fully saturated rings. The van der Waals surface area contributed by atoms with Crippen LogP contribution < -0.4 is 0 Å². The highest BCUT2D eigenvalue weighted by Gasteiger charge is 2.27. The molecule has 0 aromatic heterocycles. The van der Waals surface area contributed by atoms with Crippen LogP contribution in [0.2, 0.25) is 0 Å². The quantitative estimate of drug-likeness (QED) is 0.876. The molecule has 1 aromatic carbocycles. The smallest absolute Gasteiger partial charge is 0.155 e. The molecule has 0 radical (unpaired) electrons. The van der Waals surface area contributed by atoms with E-state index in [1.165, 1.54) is 0 Å². The molecule has 0 aliphatic heterocycles. The highest BCUT2D eigenvalue weighted by molar-refractivity contribution is 7.92. The minimum atomic E-state index is -3.21. The van der Waals surface area contributed by atoms with Crippen LogP contribution in [0.4, 0.5) is 0 Å². The van der Waals surface area contributed by atoms with Gasteiger partial charge in [0.2, 0.25) is 0 Å². The molecular weight excluding hydrogens is 224 g/mol. The lowest BCUT2D eigenvalue weighted by atomic mass is 10.0. The SMILES string of the molecule is CCS(=O)(=O)[C@@H](C)[C@@H](O)c1cccc(C)c1. The van der Waals surface area contributed by atoms with E-state index < -0.39 is 21.2 Å². The van der Waals surface area contributed by atoms with E-state index in [4.69, 9.17) is 0 Å². The van der Waals surface area contributed by atoms with Crippen molar-refractivity contribution >= 4 is 9.84 Å². The van der Waals surface area contributed by atoms with E-state index in [-0.39, 0.29) is 5.75 Å². The van der Waals surface area contributed by atoms with Gasteiger partial charge in [-0.2, -0.15) is 0 Å². The van der Waals surface area contributed by atoms with Crippen molar-refractivity contribution < 1.29 is 13.5 Å². The highest BCUT2D eigenvalue weighted by atomic mass is 32.2. The zero-order valence-corrected chi connectivity index (χ0v) is 10.7. The Morgan fingerprint density at radius 2 is 2.00 bits per heavy atom. The summed E-state index contributed by atoms with van der Waals surface area (Å²) in [6.45, 7) is 5.05. The molecule has 0 spiro atoms. The third kappa shape index (κ3) is 2.83. The Bertz CT molecular complexity index is 451. The maximum atomic E-state index is 11.6. The molecule has 90 valence electrons. The van der Waals surface area contributed by atoms with Crippen LogP contribution in [0.25, 0.3) is 0 Å². The van der Waals surface area contributed by atoms with Gasteiger partial charge in [-0.3, -0.25) is 0 Å². The monoisotopic (exact) mass is 242 g/mol. The molecule has 0 saturated carbocycles. The van der Waals surface area contributed by atoms with Crippen molar-refractivity contribution in [1.82, 2.24) is 0 Å². The first-order valence-corrected chi connectivity index (χ1v) is 7.06. The summed E-state index contributed by atoms with van der Waals surface area (Å²) < 4.78 is 23.3. The Kier molecular flexibility index (Phi) is 4.10. The first-order valence-electron chi connectivity index (χ1n) is 5.34. The van der Waals surface area contributed by atoms with E-state index >= 15 is 0 Å². The molecule has 1 aromatic rings. The number of rotatable bonds is 4.